The number of rotatable bonds is 7. The molecule has 0 spiro atoms. The van der Waals surface area contributed by atoms with Crippen LogP contribution >= 0.6 is 0 Å². The van der Waals surface area contributed by atoms with Gasteiger partial charge in [-0.2, -0.15) is 0 Å². The van der Waals surface area contributed by atoms with Crippen LogP contribution in [0.5, 0.6) is 5.75 Å². The van der Waals surface area contributed by atoms with Crippen LogP contribution < -0.4 is 21.1 Å². The van der Waals surface area contributed by atoms with Crippen molar-refractivity contribution in [2.24, 2.45) is 0 Å². The van der Waals surface area contributed by atoms with E-state index >= 15 is 0 Å². The Morgan fingerprint density at radius 2 is 1.77 bits per heavy atom. The first-order valence-electron chi connectivity index (χ1n) is 9.98. The molecule has 4 rings (SSSR count). The van der Waals surface area contributed by atoms with Gasteiger partial charge in [-0.3, -0.25) is 25.0 Å². The zero-order valence-electron chi connectivity index (χ0n) is 17.0. The van der Waals surface area contributed by atoms with Crippen molar-refractivity contribution < 1.29 is 9.53 Å². The maximum Gasteiger partial charge on any atom is 0.269 e. The summed E-state index contributed by atoms with van der Waals surface area (Å²) in [5, 5.41) is 0.532. The van der Waals surface area contributed by atoms with E-state index in [9.17, 15) is 9.59 Å². The first-order chi connectivity index (χ1) is 15.2. The summed E-state index contributed by atoms with van der Waals surface area (Å²) in [5.41, 5.74) is 7.26. The Bertz CT molecular complexity index is 1270. The van der Waals surface area contributed by atoms with Crippen LogP contribution in [0.4, 0.5) is 5.95 Å². The second-order valence-corrected chi connectivity index (χ2v) is 6.88. The van der Waals surface area contributed by atoms with E-state index in [1.54, 1.807) is 42.5 Å². The van der Waals surface area contributed by atoms with E-state index in [-0.39, 0.29) is 17.4 Å². The molecule has 0 bridgehead atoms. The van der Waals surface area contributed by atoms with E-state index in [0.29, 0.717) is 35.4 Å². The molecule has 7 heteroatoms. The summed E-state index contributed by atoms with van der Waals surface area (Å²) in [6.07, 6.45) is 0. The Morgan fingerprint density at radius 1 is 1.00 bits per heavy atom. The molecule has 1 heterocycles. The number of para-hydroxylation sites is 1. The minimum atomic E-state index is -0.366. The summed E-state index contributed by atoms with van der Waals surface area (Å²) in [5.74, 6) is 0.497. The summed E-state index contributed by atoms with van der Waals surface area (Å²) in [6.45, 7) is 2.67. The molecule has 0 atom stereocenters. The molecule has 0 aliphatic carbocycles. The standard InChI is InChI=1S/C24H22N4O3/c1-2-28-23(30)20-13-6-7-14-21(20)25-24(28)27-26-22(29)18-11-8-12-19(15-18)31-16-17-9-4-3-5-10-17/h3-15H,2,16H2,1H3,(H,25,27)(H,26,29). The van der Waals surface area contributed by atoms with Gasteiger partial charge in [0.15, 0.2) is 0 Å². The zero-order chi connectivity index (χ0) is 21.6. The third-order valence-corrected chi connectivity index (χ3v) is 4.81. The van der Waals surface area contributed by atoms with Gasteiger partial charge in [0.1, 0.15) is 12.4 Å². The number of hydrazine groups is 1. The number of hydrogen-bond acceptors (Lipinski definition) is 5. The molecule has 0 saturated carbocycles. The van der Waals surface area contributed by atoms with E-state index in [0.717, 1.165) is 5.56 Å². The van der Waals surface area contributed by atoms with Crippen LogP contribution in [-0.4, -0.2) is 15.5 Å². The number of fused-ring (bicyclic) bond motifs is 1. The fourth-order valence-electron chi connectivity index (χ4n) is 3.21. The predicted molar refractivity (Wildman–Crippen MR) is 120 cm³/mol. The highest BCUT2D eigenvalue weighted by Gasteiger charge is 2.12. The van der Waals surface area contributed by atoms with E-state index in [1.165, 1.54) is 4.57 Å². The molecule has 0 aliphatic rings. The maximum absolute atomic E-state index is 12.7. The molecule has 4 aromatic rings. The van der Waals surface area contributed by atoms with Gasteiger partial charge in [-0.05, 0) is 42.8 Å². The molecule has 7 nitrogen and oxygen atoms in total. The average Bonchev–Trinajstić information content (AvgIpc) is 2.82. The minimum Gasteiger partial charge on any atom is -0.489 e. The number of benzene rings is 3. The van der Waals surface area contributed by atoms with Gasteiger partial charge in [0.25, 0.3) is 11.5 Å². The van der Waals surface area contributed by atoms with Crippen LogP contribution in [0, 0.1) is 0 Å². The molecular weight excluding hydrogens is 392 g/mol. The highest BCUT2D eigenvalue weighted by molar-refractivity contribution is 5.95. The Morgan fingerprint density at radius 3 is 2.58 bits per heavy atom. The van der Waals surface area contributed by atoms with Gasteiger partial charge in [-0.1, -0.05) is 48.5 Å². The monoisotopic (exact) mass is 414 g/mol. The van der Waals surface area contributed by atoms with Gasteiger partial charge in [-0.15, -0.1) is 0 Å². The smallest absolute Gasteiger partial charge is 0.269 e. The fraction of sp³-hybridized carbons (Fsp3) is 0.125. The largest absolute Gasteiger partial charge is 0.489 e. The van der Waals surface area contributed by atoms with E-state index in [4.69, 9.17) is 4.74 Å². The number of carbonyl (C=O) groups excluding carboxylic acids is 1. The first-order valence-corrected chi connectivity index (χ1v) is 9.98. The molecule has 1 amide bonds. The van der Waals surface area contributed by atoms with Crippen molar-refractivity contribution in [3.05, 3.63) is 100 Å². The lowest BCUT2D eigenvalue weighted by atomic mass is 10.2. The second-order valence-electron chi connectivity index (χ2n) is 6.88. The van der Waals surface area contributed by atoms with Crippen molar-refractivity contribution in [3.63, 3.8) is 0 Å². The number of nitrogens with zero attached hydrogens (tertiary/aromatic N) is 2. The summed E-state index contributed by atoms with van der Waals surface area (Å²) in [7, 11) is 0. The Labute approximate surface area is 179 Å². The Kier molecular flexibility index (Phi) is 5.93. The number of anilines is 1. The Hall–Kier alpha value is -4.13. The number of ether oxygens (including phenoxy) is 1. The molecule has 0 radical (unpaired) electrons. The molecule has 0 unspecified atom stereocenters. The number of hydrogen-bond donors (Lipinski definition) is 2. The van der Waals surface area contributed by atoms with E-state index in [1.807, 2.05) is 43.3 Å². The van der Waals surface area contributed by atoms with Gasteiger partial charge in [0.05, 0.1) is 10.9 Å². The van der Waals surface area contributed by atoms with Gasteiger partial charge in [0, 0.05) is 12.1 Å². The minimum absolute atomic E-state index is 0.166. The van der Waals surface area contributed by atoms with Crippen LogP contribution in [0.3, 0.4) is 0 Å². The molecule has 0 aliphatic heterocycles. The van der Waals surface area contributed by atoms with E-state index < -0.39 is 0 Å². The number of aromatic nitrogens is 2. The van der Waals surface area contributed by atoms with Crippen LogP contribution in [0.2, 0.25) is 0 Å². The van der Waals surface area contributed by atoms with Crippen LogP contribution in [0.15, 0.2) is 83.7 Å². The van der Waals surface area contributed by atoms with Crippen LogP contribution in [0.25, 0.3) is 10.9 Å². The molecule has 0 saturated heterocycles. The summed E-state index contributed by atoms with van der Waals surface area (Å²) < 4.78 is 7.26. The predicted octanol–water partition coefficient (Wildman–Crippen LogP) is 3.75. The number of carbonyl (C=O) groups is 1. The first kappa shape index (κ1) is 20.2. The van der Waals surface area contributed by atoms with Gasteiger partial charge in [-0.25, -0.2) is 4.98 Å². The molecule has 0 fully saturated rings. The molecule has 31 heavy (non-hydrogen) atoms. The van der Waals surface area contributed by atoms with Crippen molar-refractivity contribution >= 4 is 22.8 Å². The average molecular weight is 414 g/mol. The quantitative estimate of drug-likeness (QED) is 0.450. The van der Waals surface area contributed by atoms with Crippen molar-refractivity contribution in [1.82, 2.24) is 15.0 Å². The topological polar surface area (TPSA) is 85.2 Å². The molecule has 2 N–H and O–H groups in total. The zero-order valence-corrected chi connectivity index (χ0v) is 17.0. The number of amides is 1. The second kappa shape index (κ2) is 9.13. The van der Waals surface area contributed by atoms with Crippen molar-refractivity contribution in [2.45, 2.75) is 20.1 Å². The van der Waals surface area contributed by atoms with Crippen molar-refractivity contribution in [1.29, 1.82) is 0 Å². The van der Waals surface area contributed by atoms with Crippen LogP contribution in [-0.2, 0) is 13.2 Å². The third kappa shape index (κ3) is 4.56. The van der Waals surface area contributed by atoms with Gasteiger partial charge < -0.3 is 4.74 Å². The normalized spacial score (nSPS) is 10.6. The van der Waals surface area contributed by atoms with Crippen molar-refractivity contribution in [3.8, 4) is 5.75 Å². The lowest BCUT2D eigenvalue weighted by Crippen LogP contribution is -2.34. The van der Waals surface area contributed by atoms with E-state index in [2.05, 4.69) is 15.8 Å². The van der Waals surface area contributed by atoms with Crippen LogP contribution in [0.1, 0.15) is 22.8 Å². The molecule has 1 aromatic heterocycles. The maximum atomic E-state index is 12.7. The highest BCUT2D eigenvalue weighted by atomic mass is 16.5. The van der Waals surface area contributed by atoms with Gasteiger partial charge >= 0.3 is 0 Å². The third-order valence-electron chi connectivity index (χ3n) is 4.81. The fourth-order valence-corrected chi connectivity index (χ4v) is 3.21. The highest BCUT2D eigenvalue weighted by Crippen LogP contribution is 2.16. The molecular formula is C24H22N4O3. The SMILES string of the molecule is CCn1c(NNC(=O)c2cccc(OCc3ccccc3)c2)nc2ccccc2c1=O. The molecule has 156 valence electrons. The summed E-state index contributed by atoms with van der Waals surface area (Å²) in [6, 6.07) is 23.8. The summed E-state index contributed by atoms with van der Waals surface area (Å²) in [4.78, 5) is 29.8. The van der Waals surface area contributed by atoms with Gasteiger partial charge in [0.2, 0.25) is 5.95 Å². The molecule has 3 aromatic carbocycles. The number of nitrogens with one attached hydrogen (secondary N) is 2. The van der Waals surface area contributed by atoms with Crippen molar-refractivity contribution in [2.75, 3.05) is 5.43 Å². The lowest BCUT2D eigenvalue weighted by Gasteiger charge is -2.14. The lowest BCUT2D eigenvalue weighted by molar-refractivity contribution is 0.0961. The summed E-state index contributed by atoms with van der Waals surface area (Å²) >= 11 is 0. The Balaban J connectivity index is 1.47.